The number of halogens is 1. The molecule has 4 aromatic carbocycles. The quantitative estimate of drug-likeness (QED) is 0.233. The van der Waals surface area contributed by atoms with Crippen LogP contribution in [-0.4, -0.2) is 28.7 Å². The predicted molar refractivity (Wildman–Crippen MR) is 162 cm³/mol. The van der Waals surface area contributed by atoms with Crippen LogP contribution in [0.2, 0.25) is 0 Å². The molecule has 6 nitrogen and oxygen atoms in total. The van der Waals surface area contributed by atoms with E-state index >= 15 is 0 Å². The minimum Gasteiger partial charge on any atom is -0.497 e. The number of benzene rings is 4. The van der Waals surface area contributed by atoms with Gasteiger partial charge >= 0.3 is 0 Å². The van der Waals surface area contributed by atoms with Gasteiger partial charge in [0.2, 0.25) is 0 Å². The molecule has 1 aliphatic heterocycles. The van der Waals surface area contributed by atoms with Gasteiger partial charge in [0.05, 0.1) is 24.4 Å². The van der Waals surface area contributed by atoms with Crippen molar-refractivity contribution >= 4 is 38.5 Å². The van der Waals surface area contributed by atoms with E-state index in [1.54, 1.807) is 7.11 Å². The van der Waals surface area contributed by atoms with Gasteiger partial charge in [-0.2, -0.15) is 5.10 Å². The van der Waals surface area contributed by atoms with E-state index in [1.807, 2.05) is 104 Å². The number of aromatic nitrogens is 1. The zero-order valence-electron chi connectivity index (χ0n) is 22.0. The normalized spacial score (nSPS) is 14.8. The van der Waals surface area contributed by atoms with E-state index in [1.165, 1.54) is 5.01 Å². The van der Waals surface area contributed by atoms with E-state index in [4.69, 9.17) is 9.84 Å². The van der Waals surface area contributed by atoms with Crippen LogP contribution < -0.4 is 10.3 Å². The van der Waals surface area contributed by atoms with E-state index in [9.17, 15) is 9.59 Å². The van der Waals surface area contributed by atoms with E-state index in [0.29, 0.717) is 23.3 Å². The average Bonchev–Trinajstić information content (AvgIpc) is 3.42. The molecule has 0 fully saturated rings. The Hall–Kier alpha value is -4.49. The lowest BCUT2D eigenvalue weighted by Crippen LogP contribution is -2.27. The van der Waals surface area contributed by atoms with Crippen molar-refractivity contribution < 1.29 is 9.53 Å². The largest absolute Gasteiger partial charge is 0.497 e. The number of ether oxygens (including phenoxy) is 1. The summed E-state index contributed by atoms with van der Waals surface area (Å²) in [5.74, 6) is 0.512. The monoisotopic (exact) mass is 591 g/mol. The minimum absolute atomic E-state index is 0.213. The van der Waals surface area contributed by atoms with Gasteiger partial charge in [0.15, 0.2) is 0 Å². The third-order valence-corrected chi connectivity index (χ3v) is 7.82. The smallest absolute Gasteiger partial charge is 0.274 e. The molecular formula is C33H26BrN3O3. The van der Waals surface area contributed by atoms with Crippen LogP contribution in [-0.2, 0) is 0 Å². The van der Waals surface area contributed by atoms with Crippen LogP contribution in [0.4, 0.5) is 0 Å². The number of amides is 1. The highest BCUT2D eigenvalue weighted by Crippen LogP contribution is 2.38. The number of hydrazone groups is 1. The van der Waals surface area contributed by atoms with Crippen molar-refractivity contribution in [2.75, 3.05) is 7.11 Å². The van der Waals surface area contributed by atoms with Crippen LogP contribution in [0.5, 0.6) is 5.75 Å². The molecule has 1 atom stereocenters. The lowest BCUT2D eigenvalue weighted by molar-refractivity contribution is 0.0710. The van der Waals surface area contributed by atoms with Crippen molar-refractivity contribution in [3.05, 3.63) is 134 Å². The molecule has 1 unspecified atom stereocenters. The summed E-state index contributed by atoms with van der Waals surface area (Å²) in [6.45, 7) is 1.91. The van der Waals surface area contributed by atoms with Crippen LogP contribution in [0, 0.1) is 6.92 Å². The molecule has 0 radical (unpaired) electrons. The van der Waals surface area contributed by atoms with Gasteiger partial charge < -0.3 is 9.72 Å². The Morgan fingerprint density at radius 1 is 0.950 bits per heavy atom. The fourth-order valence-electron chi connectivity index (χ4n) is 5.32. The number of hydrogen-bond acceptors (Lipinski definition) is 4. The molecular weight excluding hydrogens is 566 g/mol. The molecule has 5 aromatic rings. The van der Waals surface area contributed by atoms with Gasteiger partial charge in [-0.1, -0.05) is 76.6 Å². The number of nitrogens with one attached hydrogen (secondary N) is 1. The molecule has 7 heteroatoms. The molecule has 0 saturated carbocycles. The number of methoxy groups -OCH3 is 1. The van der Waals surface area contributed by atoms with E-state index in [2.05, 4.69) is 20.9 Å². The molecule has 1 aliphatic rings. The number of hydrogen-bond donors (Lipinski definition) is 1. The van der Waals surface area contributed by atoms with Gasteiger partial charge in [-0.3, -0.25) is 9.59 Å². The maximum atomic E-state index is 14.0. The molecule has 40 heavy (non-hydrogen) atoms. The molecule has 198 valence electrons. The number of aryl methyl sites for hydroxylation is 1. The molecule has 0 saturated heterocycles. The van der Waals surface area contributed by atoms with Crippen LogP contribution in [0.3, 0.4) is 0 Å². The predicted octanol–water partition coefficient (Wildman–Crippen LogP) is 7.27. The fourth-order valence-corrected chi connectivity index (χ4v) is 5.68. The second-order valence-corrected chi connectivity index (χ2v) is 10.7. The first-order chi connectivity index (χ1) is 19.4. The molecule has 2 heterocycles. The second kappa shape index (κ2) is 10.6. The number of fused-ring (bicyclic) bond motifs is 1. The number of nitrogens with zero attached hydrogens (tertiary/aromatic N) is 2. The highest BCUT2D eigenvalue weighted by molar-refractivity contribution is 9.10. The number of aromatic amines is 1. The Balaban J connectivity index is 1.57. The molecule has 6 rings (SSSR count). The van der Waals surface area contributed by atoms with E-state index in [-0.39, 0.29) is 11.5 Å². The minimum atomic E-state index is -0.394. The van der Waals surface area contributed by atoms with Crippen molar-refractivity contribution in [2.24, 2.45) is 5.10 Å². The highest BCUT2D eigenvalue weighted by Gasteiger charge is 2.36. The third kappa shape index (κ3) is 4.62. The number of pyridine rings is 1. The Labute approximate surface area is 240 Å². The van der Waals surface area contributed by atoms with E-state index < -0.39 is 6.04 Å². The maximum absolute atomic E-state index is 14.0. The summed E-state index contributed by atoms with van der Waals surface area (Å²) in [6, 6.07) is 30.4. The number of carbonyl (C=O) groups is 1. The second-order valence-electron chi connectivity index (χ2n) is 9.76. The van der Waals surface area contributed by atoms with Crippen molar-refractivity contribution in [1.82, 2.24) is 9.99 Å². The maximum Gasteiger partial charge on any atom is 0.274 e. The van der Waals surface area contributed by atoms with Gasteiger partial charge in [-0.25, -0.2) is 5.01 Å². The zero-order chi connectivity index (χ0) is 27.8. The summed E-state index contributed by atoms with van der Waals surface area (Å²) in [5.41, 5.74) is 5.55. The summed E-state index contributed by atoms with van der Waals surface area (Å²) >= 11 is 3.59. The lowest BCUT2D eigenvalue weighted by atomic mass is 9.91. The fraction of sp³-hybridized carbons (Fsp3) is 0.121. The van der Waals surface area contributed by atoms with Crippen molar-refractivity contribution in [3.8, 4) is 16.9 Å². The Kier molecular flexibility index (Phi) is 6.82. The Morgan fingerprint density at radius 3 is 2.40 bits per heavy atom. The molecule has 0 spiro atoms. The summed E-state index contributed by atoms with van der Waals surface area (Å²) in [7, 11) is 1.62. The SMILES string of the molecule is COc1ccc(C2CC(c3c(-c4ccccc4)c4cc(Br)ccc4[nH]c3=O)=NN2C(=O)c2ccccc2C)cc1. The average molecular weight is 592 g/mol. The first-order valence-corrected chi connectivity index (χ1v) is 13.8. The van der Waals surface area contributed by atoms with Crippen molar-refractivity contribution in [2.45, 2.75) is 19.4 Å². The van der Waals surface area contributed by atoms with Gasteiger partial charge in [0, 0.05) is 32.9 Å². The molecule has 0 aliphatic carbocycles. The van der Waals surface area contributed by atoms with Gasteiger partial charge in [-0.15, -0.1) is 0 Å². The van der Waals surface area contributed by atoms with Gasteiger partial charge in [0.25, 0.3) is 11.5 Å². The van der Waals surface area contributed by atoms with Gasteiger partial charge in [0.1, 0.15) is 5.75 Å². The summed E-state index contributed by atoms with van der Waals surface area (Å²) in [4.78, 5) is 30.8. The van der Waals surface area contributed by atoms with Crippen LogP contribution >= 0.6 is 15.9 Å². The lowest BCUT2D eigenvalue weighted by Gasteiger charge is -2.23. The van der Waals surface area contributed by atoms with Crippen LogP contribution in [0.1, 0.15) is 39.5 Å². The Bertz CT molecular complexity index is 1830. The standard InChI is InChI=1S/C33H26BrN3O3/c1-20-8-6-7-11-25(20)33(39)37-29(21-12-15-24(40-2)16-13-21)19-28(36-37)31-30(22-9-4-3-5-10-22)26-18-23(34)14-17-27(26)35-32(31)38/h3-18,29H,19H2,1-2H3,(H,35,38). The molecule has 1 amide bonds. The molecule has 1 N–H and O–H groups in total. The van der Waals surface area contributed by atoms with Crippen molar-refractivity contribution in [1.29, 1.82) is 0 Å². The van der Waals surface area contributed by atoms with Crippen molar-refractivity contribution in [3.63, 3.8) is 0 Å². The molecule has 1 aromatic heterocycles. The topological polar surface area (TPSA) is 74.8 Å². The zero-order valence-corrected chi connectivity index (χ0v) is 23.6. The van der Waals surface area contributed by atoms with Crippen LogP contribution in [0.15, 0.2) is 111 Å². The van der Waals surface area contributed by atoms with Crippen LogP contribution in [0.25, 0.3) is 22.0 Å². The highest BCUT2D eigenvalue weighted by atomic mass is 79.9. The first-order valence-electron chi connectivity index (χ1n) is 13.0. The summed E-state index contributed by atoms with van der Waals surface area (Å²) in [6.07, 6.45) is 0.381. The summed E-state index contributed by atoms with van der Waals surface area (Å²) < 4.78 is 6.25. The number of carbonyl (C=O) groups excluding carboxylic acids is 1. The number of rotatable bonds is 5. The van der Waals surface area contributed by atoms with Gasteiger partial charge in [-0.05, 0) is 60.0 Å². The number of H-pyrrole nitrogens is 1. The first kappa shape index (κ1) is 25.8. The Morgan fingerprint density at radius 2 is 1.68 bits per heavy atom. The third-order valence-electron chi connectivity index (χ3n) is 7.32. The summed E-state index contributed by atoms with van der Waals surface area (Å²) in [5, 5.41) is 7.31. The molecule has 0 bridgehead atoms. The van der Waals surface area contributed by atoms with E-state index in [0.717, 1.165) is 43.4 Å².